The first-order valence-electron chi connectivity index (χ1n) is 5.83. The molecule has 0 N–H and O–H groups in total. The van der Waals surface area contributed by atoms with E-state index in [0.29, 0.717) is 0 Å². The van der Waals surface area contributed by atoms with Crippen molar-refractivity contribution in [3.05, 3.63) is 18.7 Å². The summed E-state index contributed by atoms with van der Waals surface area (Å²) in [4.78, 5) is 0. The zero-order chi connectivity index (χ0) is 11.8. The van der Waals surface area contributed by atoms with E-state index in [-0.39, 0.29) is 5.75 Å². The van der Waals surface area contributed by atoms with Gasteiger partial charge in [-0.3, -0.25) is 4.21 Å². The van der Waals surface area contributed by atoms with Gasteiger partial charge < -0.3 is 4.55 Å². The fourth-order valence-corrected chi connectivity index (χ4v) is 2.00. The molecule has 0 saturated heterocycles. The average Bonchev–Trinajstić information content (AvgIpc) is 2.69. The predicted molar refractivity (Wildman–Crippen MR) is 62.6 cm³/mol. The monoisotopic (exact) mass is 244 g/mol. The number of hydrogen-bond donors (Lipinski definition) is 0. The van der Waals surface area contributed by atoms with Gasteiger partial charge in [-0.1, -0.05) is 24.4 Å². The minimum atomic E-state index is -1.89. The summed E-state index contributed by atoms with van der Waals surface area (Å²) in [7, 11) is 0. The molecule has 0 aliphatic carbocycles. The average molecular weight is 244 g/mol. The highest BCUT2D eigenvalue weighted by molar-refractivity contribution is 7.79. The largest absolute Gasteiger partial charge is 0.772 e. The normalized spacial score (nSPS) is 12.9. The summed E-state index contributed by atoms with van der Waals surface area (Å²) in [5, 5.41) is 0. The van der Waals surface area contributed by atoms with Crippen LogP contribution in [0.2, 0.25) is 0 Å². The molecular formula is C11H20N2O2S. The Bertz CT molecular complexity index is 326. The van der Waals surface area contributed by atoms with E-state index in [4.69, 9.17) is 0 Å². The van der Waals surface area contributed by atoms with Crippen molar-refractivity contribution in [2.75, 3.05) is 5.75 Å². The van der Waals surface area contributed by atoms with Gasteiger partial charge in [-0.05, 0) is 19.3 Å². The third-order valence-electron chi connectivity index (χ3n) is 2.49. The van der Waals surface area contributed by atoms with Gasteiger partial charge in [0, 0.05) is 5.75 Å². The fraction of sp³-hybridized carbons (Fsp3) is 0.727. The number of imidazole rings is 1. The van der Waals surface area contributed by atoms with Crippen LogP contribution in [0.4, 0.5) is 0 Å². The number of rotatable bonds is 8. The van der Waals surface area contributed by atoms with Crippen LogP contribution in [0.25, 0.3) is 0 Å². The summed E-state index contributed by atoms with van der Waals surface area (Å²) in [6, 6.07) is 0. The first kappa shape index (κ1) is 13.4. The molecule has 0 fully saturated rings. The second-order valence-corrected chi connectivity index (χ2v) is 4.97. The summed E-state index contributed by atoms with van der Waals surface area (Å²) in [5.41, 5.74) is 0. The van der Waals surface area contributed by atoms with Crippen molar-refractivity contribution in [2.24, 2.45) is 0 Å². The highest BCUT2D eigenvalue weighted by Crippen LogP contribution is 1.95. The van der Waals surface area contributed by atoms with E-state index in [1.165, 1.54) is 12.8 Å². The Labute approximate surface area is 99.6 Å². The highest BCUT2D eigenvalue weighted by atomic mass is 32.2. The summed E-state index contributed by atoms with van der Waals surface area (Å²) in [5.74, 6) is 0.275. The molecule has 1 rings (SSSR count). The summed E-state index contributed by atoms with van der Waals surface area (Å²) >= 11 is -1.89. The molecule has 0 radical (unpaired) electrons. The Morgan fingerprint density at radius 2 is 2.19 bits per heavy atom. The molecule has 92 valence electrons. The van der Waals surface area contributed by atoms with Crippen LogP contribution in [-0.2, 0) is 24.2 Å². The molecule has 5 heteroatoms. The maximum atomic E-state index is 10.3. The van der Waals surface area contributed by atoms with Gasteiger partial charge in [0.2, 0.25) is 6.33 Å². The topological polar surface area (TPSA) is 48.9 Å². The van der Waals surface area contributed by atoms with Crippen molar-refractivity contribution < 1.29 is 13.3 Å². The lowest BCUT2D eigenvalue weighted by Gasteiger charge is -2.02. The lowest BCUT2D eigenvalue weighted by atomic mass is 10.3. The molecule has 4 nitrogen and oxygen atoms in total. The van der Waals surface area contributed by atoms with Crippen LogP contribution in [0.15, 0.2) is 18.7 Å². The van der Waals surface area contributed by atoms with Gasteiger partial charge in [-0.2, -0.15) is 0 Å². The number of unbranched alkanes of at least 4 members (excludes halogenated alkanes) is 2. The van der Waals surface area contributed by atoms with Gasteiger partial charge in [0.05, 0.1) is 13.1 Å². The second kappa shape index (κ2) is 7.57. The Kier molecular flexibility index (Phi) is 6.33. The minimum Gasteiger partial charge on any atom is -0.772 e. The fourth-order valence-electron chi connectivity index (χ4n) is 1.56. The van der Waals surface area contributed by atoms with Crippen LogP contribution >= 0.6 is 0 Å². The molecule has 0 aromatic carbocycles. The van der Waals surface area contributed by atoms with Crippen molar-refractivity contribution in [2.45, 2.75) is 45.7 Å². The van der Waals surface area contributed by atoms with E-state index in [1.807, 2.05) is 6.20 Å². The molecule has 1 aromatic heterocycles. The maximum Gasteiger partial charge on any atom is 0.243 e. The Morgan fingerprint density at radius 3 is 2.88 bits per heavy atom. The quantitative estimate of drug-likeness (QED) is 0.392. The van der Waals surface area contributed by atoms with E-state index in [2.05, 4.69) is 28.6 Å². The van der Waals surface area contributed by atoms with E-state index in [0.717, 1.165) is 25.9 Å². The van der Waals surface area contributed by atoms with E-state index in [9.17, 15) is 8.76 Å². The van der Waals surface area contributed by atoms with Gasteiger partial charge in [-0.15, -0.1) is 0 Å². The van der Waals surface area contributed by atoms with Crippen LogP contribution < -0.4 is 4.57 Å². The summed E-state index contributed by atoms with van der Waals surface area (Å²) < 4.78 is 24.9. The third kappa shape index (κ3) is 5.42. The van der Waals surface area contributed by atoms with Crippen LogP contribution in [0.1, 0.15) is 32.6 Å². The summed E-state index contributed by atoms with van der Waals surface area (Å²) in [6.45, 7) is 4.14. The van der Waals surface area contributed by atoms with E-state index >= 15 is 0 Å². The molecule has 0 aliphatic heterocycles. The molecule has 1 heterocycles. The second-order valence-electron chi connectivity index (χ2n) is 3.96. The number of aromatic nitrogens is 2. The molecule has 0 spiro atoms. The number of aryl methyl sites for hydroxylation is 2. The molecular weight excluding hydrogens is 224 g/mol. The van der Waals surface area contributed by atoms with Crippen LogP contribution in [-0.4, -0.2) is 19.1 Å². The molecule has 1 aromatic rings. The van der Waals surface area contributed by atoms with Gasteiger partial charge in [0.15, 0.2) is 0 Å². The molecule has 0 aliphatic rings. The molecule has 0 saturated carbocycles. The molecule has 1 atom stereocenters. The van der Waals surface area contributed by atoms with Crippen LogP contribution in [0.3, 0.4) is 0 Å². The Morgan fingerprint density at radius 1 is 1.38 bits per heavy atom. The van der Waals surface area contributed by atoms with Gasteiger partial charge >= 0.3 is 0 Å². The van der Waals surface area contributed by atoms with Crippen LogP contribution in [0, 0.1) is 0 Å². The standard InChI is InChI=1S/C11H20N2O2S/c1-2-3-6-12-8-9-13(11-12)7-4-5-10-16(14)15/h8-9,11H,2-7,10H2,1H3. The van der Waals surface area contributed by atoms with Crippen LogP contribution in [0.5, 0.6) is 0 Å². The van der Waals surface area contributed by atoms with Crippen molar-refractivity contribution >= 4 is 11.1 Å². The van der Waals surface area contributed by atoms with Gasteiger partial charge in [0.25, 0.3) is 0 Å². The third-order valence-corrected chi connectivity index (χ3v) is 3.12. The number of hydrogen-bond acceptors (Lipinski definition) is 2. The van der Waals surface area contributed by atoms with Gasteiger partial charge in [-0.25, -0.2) is 9.13 Å². The lowest BCUT2D eigenvalue weighted by Crippen LogP contribution is -2.31. The summed E-state index contributed by atoms with van der Waals surface area (Å²) in [6.07, 6.45) is 10.3. The molecule has 16 heavy (non-hydrogen) atoms. The minimum absolute atomic E-state index is 0.275. The Hall–Kier alpha value is -0.680. The highest BCUT2D eigenvalue weighted by Gasteiger charge is 2.02. The lowest BCUT2D eigenvalue weighted by molar-refractivity contribution is -0.696. The smallest absolute Gasteiger partial charge is 0.243 e. The molecule has 0 bridgehead atoms. The zero-order valence-corrected chi connectivity index (χ0v) is 10.6. The van der Waals surface area contributed by atoms with Crippen molar-refractivity contribution in [3.63, 3.8) is 0 Å². The Balaban J connectivity index is 2.21. The maximum absolute atomic E-state index is 10.3. The number of nitrogens with zero attached hydrogens (tertiary/aromatic N) is 2. The SMILES string of the molecule is CCCCn1cc[n+](CCCCS(=O)[O-])c1. The molecule has 1 unspecified atom stereocenters. The van der Waals surface area contributed by atoms with E-state index in [1.54, 1.807) is 0 Å². The predicted octanol–water partition coefficient (Wildman–Crippen LogP) is 1.24. The zero-order valence-electron chi connectivity index (χ0n) is 9.80. The van der Waals surface area contributed by atoms with Crippen molar-refractivity contribution in [1.82, 2.24) is 4.57 Å². The van der Waals surface area contributed by atoms with Crippen molar-refractivity contribution in [1.29, 1.82) is 0 Å². The first-order valence-corrected chi connectivity index (χ1v) is 7.07. The van der Waals surface area contributed by atoms with E-state index < -0.39 is 11.1 Å². The first-order chi connectivity index (χ1) is 7.72. The van der Waals surface area contributed by atoms with Crippen molar-refractivity contribution in [3.8, 4) is 0 Å². The van der Waals surface area contributed by atoms with Gasteiger partial charge in [0.1, 0.15) is 12.4 Å². The molecule has 0 amide bonds.